The fourth-order valence-electron chi connectivity index (χ4n) is 1.43. The number of hydrogen-bond donors (Lipinski definition) is 3. The second-order valence-corrected chi connectivity index (χ2v) is 3.97. The van der Waals surface area contributed by atoms with E-state index in [-0.39, 0.29) is 0 Å². The number of carbonyl (C=O) groups is 3. The molecule has 1 unspecified atom stereocenters. The molecule has 7 heteroatoms. The average Bonchev–Trinajstić information content (AvgIpc) is 2.44. The molecule has 0 heterocycles. The van der Waals surface area contributed by atoms with E-state index in [1.54, 1.807) is 0 Å². The van der Waals surface area contributed by atoms with Crippen molar-refractivity contribution in [2.75, 3.05) is 7.11 Å². The van der Waals surface area contributed by atoms with Gasteiger partial charge < -0.3 is 15.4 Å². The maximum atomic E-state index is 11.9. The van der Waals surface area contributed by atoms with Crippen molar-refractivity contribution in [3.63, 3.8) is 0 Å². The minimum atomic E-state index is -1.18. The van der Waals surface area contributed by atoms with Gasteiger partial charge in [-0.15, -0.1) is 0 Å². The standard InChI is InChI=1S/C13H17N3O4/c1-9(17)15-11(16-13(19)20-2)12(18)14-8-10-6-4-3-5-7-10/h3-7,11H,8H2,1-2H3,(H,14,18)(H,15,17)(H,16,19). The third-order valence-corrected chi connectivity index (χ3v) is 2.37. The number of amides is 3. The highest BCUT2D eigenvalue weighted by molar-refractivity contribution is 5.89. The second-order valence-electron chi connectivity index (χ2n) is 3.97. The van der Waals surface area contributed by atoms with Crippen LogP contribution in [0.15, 0.2) is 30.3 Å². The van der Waals surface area contributed by atoms with Crippen molar-refractivity contribution in [1.82, 2.24) is 16.0 Å². The third-order valence-electron chi connectivity index (χ3n) is 2.37. The smallest absolute Gasteiger partial charge is 0.408 e. The number of carbonyl (C=O) groups excluding carboxylic acids is 3. The van der Waals surface area contributed by atoms with E-state index in [0.29, 0.717) is 6.54 Å². The summed E-state index contributed by atoms with van der Waals surface area (Å²) in [5, 5.41) is 7.16. The van der Waals surface area contributed by atoms with Crippen molar-refractivity contribution in [1.29, 1.82) is 0 Å². The van der Waals surface area contributed by atoms with Gasteiger partial charge in [0.1, 0.15) is 0 Å². The summed E-state index contributed by atoms with van der Waals surface area (Å²) in [5.41, 5.74) is 0.903. The molecule has 0 saturated carbocycles. The van der Waals surface area contributed by atoms with Gasteiger partial charge in [0, 0.05) is 13.5 Å². The summed E-state index contributed by atoms with van der Waals surface area (Å²) in [6.45, 7) is 1.54. The van der Waals surface area contributed by atoms with Gasteiger partial charge in [-0.05, 0) is 5.56 Å². The molecule has 1 atom stereocenters. The molecule has 3 amide bonds. The molecule has 1 aromatic carbocycles. The van der Waals surface area contributed by atoms with E-state index >= 15 is 0 Å². The lowest BCUT2D eigenvalue weighted by Crippen LogP contribution is -2.56. The maximum absolute atomic E-state index is 11.9. The van der Waals surface area contributed by atoms with Gasteiger partial charge in [-0.25, -0.2) is 4.79 Å². The quantitative estimate of drug-likeness (QED) is 0.667. The fourth-order valence-corrected chi connectivity index (χ4v) is 1.43. The molecule has 0 radical (unpaired) electrons. The van der Waals surface area contributed by atoms with Crippen LogP contribution in [0.2, 0.25) is 0 Å². The Labute approximate surface area is 116 Å². The largest absolute Gasteiger partial charge is 0.453 e. The Kier molecular flexibility index (Phi) is 6.02. The van der Waals surface area contributed by atoms with E-state index in [0.717, 1.165) is 5.56 Å². The molecule has 0 spiro atoms. The highest BCUT2D eigenvalue weighted by atomic mass is 16.5. The lowest BCUT2D eigenvalue weighted by molar-refractivity contribution is -0.128. The summed E-state index contributed by atoms with van der Waals surface area (Å²) in [6, 6.07) is 9.26. The summed E-state index contributed by atoms with van der Waals surface area (Å²) in [4.78, 5) is 34.0. The zero-order valence-electron chi connectivity index (χ0n) is 11.3. The molecule has 0 aliphatic rings. The number of benzene rings is 1. The molecule has 108 valence electrons. The van der Waals surface area contributed by atoms with Gasteiger partial charge in [-0.1, -0.05) is 30.3 Å². The molecule has 1 rings (SSSR count). The van der Waals surface area contributed by atoms with E-state index in [2.05, 4.69) is 20.7 Å². The summed E-state index contributed by atoms with van der Waals surface area (Å²) >= 11 is 0. The molecule has 7 nitrogen and oxygen atoms in total. The number of ether oxygens (including phenoxy) is 1. The monoisotopic (exact) mass is 279 g/mol. The van der Waals surface area contributed by atoms with Crippen LogP contribution >= 0.6 is 0 Å². The van der Waals surface area contributed by atoms with Crippen LogP contribution < -0.4 is 16.0 Å². The van der Waals surface area contributed by atoms with Crippen molar-refractivity contribution in [3.8, 4) is 0 Å². The Morgan fingerprint density at radius 2 is 1.80 bits per heavy atom. The summed E-state index contributed by atoms with van der Waals surface area (Å²) < 4.78 is 4.39. The van der Waals surface area contributed by atoms with Crippen molar-refractivity contribution in [3.05, 3.63) is 35.9 Å². The van der Waals surface area contributed by atoms with Crippen LogP contribution in [0.5, 0.6) is 0 Å². The van der Waals surface area contributed by atoms with Crippen LogP contribution in [0.25, 0.3) is 0 Å². The second kappa shape index (κ2) is 7.78. The Morgan fingerprint density at radius 3 is 2.35 bits per heavy atom. The van der Waals surface area contributed by atoms with E-state index in [1.165, 1.54) is 14.0 Å². The van der Waals surface area contributed by atoms with Crippen molar-refractivity contribution >= 4 is 17.9 Å². The molecular formula is C13H17N3O4. The third kappa shape index (κ3) is 5.38. The van der Waals surface area contributed by atoms with Crippen LogP contribution in [0.1, 0.15) is 12.5 Å². The molecule has 0 aromatic heterocycles. The lowest BCUT2D eigenvalue weighted by Gasteiger charge is -2.18. The molecule has 1 aromatic rings. The predicted molar refractivity (Wildman–Crippen MR) is 71.4 cm³/mol. The van der Waals surface area contributed by atoms with Crippen LogP contribution in [0.3, 0.4) is 0 Å². The molecule has 0 saturated heterocycles. The lowest BCUT2D eigenvalue weighted by atomic mass is 10.2. The highest BCUT2D eigenvalue weighted by Gasteiger charge is 2.21. The Balaban J connectivity index is 2.58. The molecule has 20 heavy (non-hydrogen) atoms. The first-order valence-corrected chi connectivity index (χ1v) is 5.96. The normalized spacial score (nSPS) is 11.1. The van der Waals surface area contributed by atoms with Gasteiger partial charge in [-0.2, -0.15) is 0 Å². The van der Waals surface area contributed by atoms with Gasteiger partial charge in [0.2, 0.25) is 5.91 Å². The van der Waals surface area contributed by atoms with Crippen molar-refractivity contribution in [2.45, 2.75) is 19.6 Å². The fraction of sp³-hybridized carbons (Fsp3) is 0.308. The maximum Gasteiger partial charge on any atom is 0.408 e. The first-order chi connectivity index (χ1) is 9.52. The van der Waals surface area contributed by atoms with E-state index in [9.17, 15) is 14.4 Å². The predicted octanol–water partition coefficient (Wildman–Crippen LogP) is 0.121. The van der Waals surface area contributed by atoms with Crippen molar-refractivity contribution < 1.29 is 19.1 Å². The zero-order valence-corrected chi connectivity index (χ0v) is 11.3. The Morgan fingerprint density at radius 1 is 1.15 bits per heavy atom. The van der Waals surface area contributed by atoms with Gasteiger partial charge >= 0.3 is 6.09 Å². The van der Waals surface area contributed by atoms with Crippen molar-refractivity contribution in [2.24, 2.45) is 0 Å². The molecule has 0 fully saturated rings. The minimum Gasteiger partial charge on any atom is -0.453 e. The Hall–Kier alpha value is -2.57. The van der Waals surface area contributed by atoms with Crippen LogP contribution in [-0.4, -0.2) is 31.2 Å². The van der Waals surface area contributed by atoms with Gasteiger partial charge in [0.15, 0.2) is 6.17 Å². The van der Waals surface area contributed by atoms with Crippen LogP contribution in [-0.2, 0) is 20.9 Å². The molecular weight excluding hydrogens is 262 g/mol. The topological polar surface area (TPSA) is 96.5 Å². The highest BCUT2D eigenvalue weighted by Crippen LogP contribution is 1.97. The number of nitrogens with one attached hydrogen (secondary N) is 3. The number of alkyl carbamates (subject to hydrolysis) is 1. The van der Waals surface area contributed by atoms with Crippen LogP contribution in [0, 0.1) is 0 Å². The van der Waals surface area contributed by atoms with E-state index < -0.39 is 24.1 Å². The Bertz CT molecular complexity index is 476. The molecule has 0 aliphatic heterocycles. The van der Waals surface area contributed by atoms with E-state index in [1.807, 2.05) is 30.3 Å². The molecule has 0 aliphatic carbocycles. The first-order valence-electron chi connectivity index (χ1n) is 5.96. The SMILES string of the molecule is COC(=O)NC(NC(C)=O)C(=O)NCc1ccccc1. The minimum absolute atomic E-state index is 0.290. The zero-order chi connectivity index (χ0) is 15.0. The van der Waals surface area contributed by atoms with Crippen LogP contribution in [0.4, 0.5) is 4.79 Å². The van der Waals surface area contributed by atoms with Gasteiger partial charge in [-0.3, -0.25) is 14.9 Å². The van der Waals surface area contributed by atoms with Gasteiger partial charge in [0.05, 0.1) is 7.11 Å². The summed E-state index contributed by atoms with van der Waals surface area (Å²) in [7, 11) is 1.17. The first kappa shape index (κ1) is 15.5. The number of rotatable bonds is 5. The van der Waals surface area contributed by atoms with Gasteiger partial charge in [0.25, 0.3) is 5.91 Å². The summed E-state index contributed by atoms with van der Waals surface area (Å²) in [5.74, 6) is -0.976. The molecule has 3 N–H and O–H groups in total. The molecule has 0 bridgehead atoms. The summed E-state index contributed by atoms with van der Waals surface area (Å²) in [6.07, 6.45) is -1.98. The number of methoxy groups -OCH3 is 1. The van der Waals surface area contributed by atoms with E-state index in [4.69, 9.17) is 0 Å². The number of hydrogen-bond acceptors (Lipinski definition) is 4. The average molecular weight is 279 g/mol.